The van der Waals surface area contributed by atoms with Gasteiger partial charge in [-0.2, -0.15) is 0 Å². The topological polar surface area (TPSA) is 63.2 Å². The van der Waals surface area contributed by atoms with Gasteiger partial charge in [0.05, 0.1) is 10.6 Å². The molecule has 4 nitrogen and oxygen atoms in total. The zero-order valence-corrected chi connectivity index (χ0v) is 14.5. The Morgan fingerprint density at radius 2 is 1.82 bits per heavy atom. The Labute approximate surface area is 137 Å². The number of benzene rings is 1. The molecule has 1 aliphatic rings. The first kappa shape index (κ1) is 17.3. The molecule has 22 heavy (non-hydrogen) atoms. The van der Waals surface area contributed by atoms with Crippen LogP contribution in [0.4, 0.5) is 0 Å². The van der Waals surface area contributed by atoms with Crippen molar-refractivity contribution in [3.8, 4) is 0 Å². The Hall–Kier alpha value is -1.01. The summed E-state index contributed by atoms with van der Waals surface area (Å²) in [4.78, 5) is 12.2. The summed E-state index contributed by atoms with van der Waals surface area (Å²) in [7, 11) is -3.16. The van der Waals surface area contributed by atoms with Gasteiger partial charge in [-0.1, -0.05) is 31.4 Å². The third kappa shape index (κ3) is 5.65. The Bertz CT molecular complexity index is 590. The lowest BCUT2D eigenvalue weighted by Gasteiger charge is -2.20. The molecule has 1 fully saturated rings. The highest BCUT2D eigenvalue weighted by Gasteiger charge is 2.15. The van der Waals surface area contributed by atoms with Crippen LogP contribution in [0.5, 0.6) is 0 Å². The van der Waals surface area contributed by atoms with Gasteiger partial charge in [0.1, 0.15) is 0 Å². The number of hydrogen-bond donors (Lipinski definition) is 1. The molecule has 0 radical (unpaired) electrons. The molecule has 0 bridgehead atoms. The van der Waals surface area contributed by atoms with Gasteiger partial charge < -0.3 is 5.32 Å². The van der Waals surface area contributed by atoms with Gasteiger partial charge >= 0.3 is 0 Å². The quantitative estimate of drug-likeness (QED) is 0.864. The second-order valence-corrected chi connectivity index (χ2v) is 9.07. The molecule has 0 heterocycles. The smallest absolute Gasteiger partial charge is 0.230 e. The minimum Gasteiger partial charge on any atom is -0.351 e. The van der Waals surface area contributed by atoms with E-state index in [-0.39, 0.29) is 5.91 Å². The van der Waals surface area contributed by atoms with Crippen LogP contribution in [0, 0.1) is 0 Å². The predicted octanol–water partition coefficient (Wildman–Crippen LogP) is 2.77. The zero-order chi connectivity index (χ0) is 16.0. The molecule has 1 aliphatic carbocycles. The van der Waals surface area contributed by atoms with Crippen LogP contribution >= 0.6 is 11.8 Å². The van der Waals surface area contributed by atoms with Gasteiger partial charge in [0.15, 0.2) is 9.84 Å². The first-order chi connectivity index (χ1) is 10.4. The van der Waals surface area contributed by atoms with Crippen molar-refractivity contribution in [3.63, 3.8) is 0 Å². The van der Waals surface area contributed by atoms with Crippen molar-refractivity contribution < 1.29 is 13.2 Å². The van der Waals surface area contributed by atoms with Crippen molar-refractivity contribution in [2.75, 3.05) is 12.0 Å². The number of thioether (sulfide) groups is 1. The van der Waals surface area contributed by atoms with Crippen molar-refractivity contribution in [1.29, 1.82) is 0 Å². The minimum absolute atomic E-state index is 0.0442. The summed E-state index contributed by atoms with van der Waals surface area (Å²) >= 11 is 1.76. The van der Waals surface area contributed by atoms with Crippen LogP contribution in [0.2, 0.25) is 0 Å². The maximum Gasteiger partial charge on any atom is 0.230 e. The van der Waals surface area contributed by atoms with Crippen molar-refractivity contribution >= 4 is 27.5 Å². The van der Waals surface area contributed by atoms with Crippen LogP contribution < -0.4 is 5.32 Å². The summed E-state index contributed by atoms with van der Waals surface area (Å²) in [5, 5.41) is 3.52. The van der Waals surface area contributed by atoms with Crippen LogP contribution in [0.25, 0.3) is 0 Å². The molecule has 0 atom stereocenters. The Morgan fingerprint density at radius 3 is 2.41 bits per heavy atom. The molecule has 0 aliphatic heterocycles. The van der Waals surface area contributed by atoms with Gasteiger partial charge in [-0.25, -0.2) is 8.42 Å². The molecule has 0 unspecified atom stereocenters. The Morgan fingerprint density at radius 1 is 1.18 bits per heavy atom. The summed E-state index contributed by atoms with van der Waals surface area (Å²) in [5.41, 5.74) is 0.906. The molecule has 1 N–H and O–H groups in total. The fraction of sp³-hybridized carbons (Fsp3) is 0.562. The van der Waals surface area contributed by atoms with E-state index in [2.05, 4.69) is 5.32 Å². The normalized spacial score (nSPS) is 16.4. The third-order valence-corrected chi connectivity index (χ3v) is 6.34. The number of carbonyl (C=O) groups excluding carboxylic acids is 1. The van der Waals surface area contributed by atoms with E-state index in [0.717, 1.165) is 5.56 Å². The molecule has 2 rings (SSSR count). The number of carbonyl (C=O) groups is 1. The minimum atomic E-state index is -3.16. The standard InChI is InChI=1S/C16H23NO3S2/c1-22(19,20)15-9-7-13(8-10-15)11-17-16(18)12-21-14-5-3-2-4-6-14/h7-10,14H,2-6,11-12H2,1H3,(H,17,18). The largest absolute Gasteiger partial charge is 0.351 e. The number of hydrogen-bond acceptors (Lipinski definition) is 4. The van der Waals surface area contributed by atoms with Gasteiger partial charge in [-0.05, 0) is 30.5 Å². The first-order valence-electron chi connectivity index (χ1n) is 7.62. The molecule has 0 saturated heterocycles. The van der Waals surface area contributed by atoms with E-state index in [4.69, 9.17) is 0 Å². The van der Waals surface area contributed by atoms with Crippen LogP contribution in [0.1, 0.15) is 37.7 Å². The van der Waals surface area contributed by atoms with Crippen LogP contribution in [-0.2, 0) is 21.2 Å². The lowest BCUT2D eigenvalue weighted by atomic mass is 10.0. The Balaban J connectivity index is 1.73. The molecule has 122 valence electrons. The molecule has 1 aromatic rings. The highest BCUT2D eigenvalue weighted by molar-refractivity contribution is 8.00. The van der Waals surface area contributed by atoms with Crippen LogP contribution in [0.15, 0.2) is 29.2 Å². The summed E-state index contributed by atoms with van der Waals surface area (Å²) in [5.74, 6) is 0.550. The molecule has 1 aromatic carbocycles. The zero-order valence-electron chi connectivity index (χ0n) is 12.9. The average Bonchev–Trinajstić information content (AvgIpc) is 2.51. The van der Waals surface area contributed by atoms with Gasteiger partial charge in [0, 0.05) is 18.1 Å². The van der Waals surface area contributed by atoms with E-state index in [0.29, 0.717) is 22.4 Å². The van der Waals surface area contributed by atoms with Crippen molar-refractivity contribution in [3.05, 3.63) is 29.8 Å². The monoisotopic (exact) mass is 341 g/mol. The number of nitrogens with one attached hydrogen (secondary N) is 1. The maximum absolute atomic E-state index is 11.9. The predicted molar refractivity (Wildman–Crippen MR) is 90.7 cm³/mol. The van der Waals surface area contributed by atoms with E-state index in [1.165, 1.54) is 38.4 Å². The summed E-state index contributed by atoms with van der Waals surface area (Å²) in [6, 6.07) is 6.64. The second kappa shape index (κ2) is 8.02. The SMILES string of the molecule is CS(=O)(=O)c1ccc(CNC(=O)CSC2CCCCC2)cc1. The molecule has 0 spiro atoms. The third-order valence-electron chi connectivity index (χ3n) is 3.84. The summed E-state index contributed by atoms with van der Waals surface area (Å²) in [6.45, 7) is 0.439. The Kier molecular flexibility index (Phi) is 6.32. The fourth-order valence-electron chi connectivity index (χ4n) is 2.53. The number of sulfone groups is 1. The van der Waals surface area contributed by atoms with Gasteiger partial charge in [-0.3, -0.25) is 4.79 Å². The second-order valence-electron chi connectivity index (χ2n) is 5.76. The molecule has 1 saturated carbocycles. The van der Waals surface area contributed by atoms with Crippen molar-refractivity contribution in [2.24, 2.45) is 0 Å². The molecule has 6 heteroatoms. The first-order valence-corrected chi connectivity index (χ1v) is 10.6. The molecular weight excluding hydrogens is 318 g/mol. The van der Waals surface area contributed by atoms with E-state index in [1.54, 1.807) is 36.0 Å². The van der Waals surface area contributed by atoms with Crippen LogP contribution in [0.3, 0.4) is 0 Å². The van der Waals surface area contributed by atoms with Crippen molar-refractivity contribution in [2.45, 2.75) is 48.8 Å². The van der Waals surface area contributed by atoms with Crippen molar-refractivity contribution in [1.82, 2.24) is 5.32 Å². The fourth-order valence-corrected chi connectivity index (χ4v) is 4.32. The van der Waals surface area contributed by atoms with E-state index in [9.17, 15) is 13.2 Å². The van der Waals surface area contributed by atoms with E-state index in [1.807, 2.05) is 0 Å². The van der Waals surface area contributed by atoms with E-state index < -0.39 is 9.84 Å². The van der Waals surface area contributed by atoms with Gasteiger partial charge in [0.25, 0.3) is 0 Å². The lowest BCUT2D eigenvalue weighted by molar-refractivity contribution is -0.118. The lowest BCUT2D eigenvalue weighted by Crippen LogP contribution is -2.26. The molecule has 1 amide bonds. The van der Waals surface area contributed by atoms with Gasteiger partial charge in [0.2, 0.25) is 5.91 Å². The average molecular weight is 341 g/mol. The highest BCUT2D eigenvalue weighted by Crippen LogP contribution is 2.27. The van der Waals surface area contributed by atoms with E-state index >= 15 is 0 Å². The number of rotatable bonds is 6. The molecular formula is C16H23NO3S2. The van der Waals surface area contributed by atoms with Gasteiger partial charge in [-0.15, -0.1) is 11.8 Å². The molecule has 0 aromatic heterocycles. The highest BCUT2D eigenvalue weighted by atomic mass is 32.2. The number of amides is 1. The van der Waals surface area contributed by atoms with Crippen LogP contribution in [-0.4, -0.2) is 31.6 Å². The maximum atomic E-state index is 11.9. The summed E-state index contributed by atoms with van der Waals surface area (Å²) < 4.78 is 22.7. The summed E-state index contributed by atoms with van der Waals surface area (Å²) in [6.07, 6.45) is 7.53.